The van der Waals surface area contributed by atoms with E-state index in [1.54, 1.807) is 28.4 Å². The number of hydrogen-bond acceptors (Lipinski definition) is 7. The van der Waals surface area contributed by atoms with Crippen LogP contribution in [0.3, 0.4) is 0 Å². The maximum Gasteiger partial charge on any atom is 0.209 e. The van der Waals surface area contributed by atoms with E-state index in [4.69, 9.17) is 30.4 Å². The Morgan fingerprint density at radius 3 is 1.42 bits per heavy atom. The lowest BCUT2D eigenvalue weighted by atomic mass is 9.86. The Morgan fingerprint density at radius 1 is 0.789 bits per heavy atom. The van der Waals surface area contributed by atoms with Gasteiger partial charge >= 0.3 is 0 Å². The Kier molecular flexibility index (Phi) is 11.1. The number of nitrogens with two attached hydrogens (primary N) is 2. The molecule has 2 rings (SSSR count). The zero-order chi connectivity index (χ0) is 28.5. The van der Waals surface area contributed by atoms with Crippen LogP contribution >= 0.6 is 7.14 Å². The van der Waals surface area contributed by atoms with Crippen molar-refractivity contribution in [3.8, 4) is 23.0 Å². The third-order valence-electron chi connectivity index (χ3n) is 6.13. The van der Waals surface area contributed by atoms with Gasteiger partial charge in [-0.25, -0.2) is 0 Å². The Morgan fingerprint density at radius 2 is 1.13 bits per heavy atom. The first kappa shape index (κ1) is 31.0. The van der Waals surface area contributed by atoms with Crippen molar-refractivity contribution in [2.75, 3.05) is 34.6 Å². The van der Waals surface area contributed by atoms with Crippen molar-refractivity contribution in [2.45, 2.75) is 47.2 Å². The van der Waals surface area contributed by atoms with Crippen LogP contribution in [0.15, 0.2) is 46.4 Å². The maximum atomic E-state index is 14.5. The zero-order valence-electron chi connectivity index (χ0n) is 23.9. The lowest BCUT2D eigenvalue weighted by Gasteiger charge is -2.26. The van der Waals surface area contributed by atoms with E-state index in [2.05, 4.69) is 30.8 Å². The predicted octanol–water partition coefficient (Wildman–Crippen LogP) is 5.49. The highest BCUT2D eigenvalue weighted by Crippen LogP contribution is 2.49. The minimum atomic E-state index is -3.52. The van der Waals surface area contributed by atoms with Crippen molar-refractivity contribution in [1.29, 1.82) is 0 Å². The third-order valence-corrected chi connectivity index (χ3v) is 9.03. The minimum absolute atomic E-state index is 0.0283. The molecule has 38 heavy (non-hydrogen) atoms. The fourth-order valence-electron chi connectivity index (χ4n) is 4.57. The molecule has 0 amide bonds. The van der Waals surface area contributed by atoms with Crippen LogP contribution in [0.25, 0.3) is 0 Å². The number of hydrogen-bond donors (Lipinski definition) is 2. The normalized spacial score (nSPS) is 14.9. The molecule has 1 atom stereocenters. The number of nitrogens with zero attached hydrogens (tertiary/aromatic N) is 2. The molecule has 0 saturated carbocycles. The molecule has 0 fully saturated rings. The van der Waals surface area contributed by atoms with Crippen LogP contribution in [-0.2, 0) is 17.7 Å². The van der Waals surface area contributed by atoms with Crippen LogP contribution in [-0.4, -0.2) is 45.8 Å². The number of methoxy groups -OCH3 is 4. The summed E-state index contributed by atoms with van der Waals surface area (Å²) in [6.07, 6.45) is 1.08. The topological polar surface area (TPSA) is 131 Å². The lowest BCUT2D eigenvalue weighted by molar-refractivity contribution is 0.321. The van der Waals surface area contributed by atoms with Crippen LogP contribution in [0.1, 0.15) is 45.2 Å². The zero-order valence-corrected chi connectivity index (χ0v) is 24.8. The van der Waals surface area contributed by atoms with Gasteiger partial charge in [0, 0.05) is 6.16 Å². The van der Waals surface area contributed by atoms with E-state index >= 15 is 0 Å². The van der Waals surface area contributed by atoms with Crippen LogP contribution in [0.5, 0.6) is 23.0 Å². The molecule has 0 aliphatic carbocycles. The molecule has 4 N–H and O–H groups in total. The van der Waals surface area contributed by atoms with Crippen LogP contribution < -0.4 is 30.4 Å². The Bertz CT molecular complexity index is 1070. The largest absolute Gasteiger partial charge is 0.496 e. The predicted molar refractivity (Wildman–Crippen MR) is 155 cm³/mol. The van der Waals surface area contributed by atoms with E-state index in [9.17, 15) is 4.57 Å². The van der Waals surface area contributed by atoms with Gasteiger partial charge in [0.25, 0.3) is 0 Å². The number of aliphatic imine (C=N–C) groups is 2. The first-order valence-electron chi connectivity index (χ1n) is 12.5. The second kappa shape index (κ2) is 13.6. The van der Waals surface area contributed by atoms with Crippen molar-refractivity contribution in [1.82, 2.24) is 0 Å². The molecule has 0 aliphatic rings. The van der Waals surface area contributed by atoms with Gasteiger partial charge in [0.1, 0.15) is 23.0 Å². The average Bonchev–Trinajstić information content (AvgIpc) is 2.88. The van der Waals surface area contributed by atoms with Gasteiger partial charge in [0.15, 0.2) is 11.2 Å². The molecule has 210 valence electrons. The summed E-state index contributed by atoms with van der Waals surface area (Å²) in [7, 11) is 2.76. The Hall–Kier alpha value is -3.19. The highest BCUT2D eigenvalue weighted by Gasteiger charge is 2.35. The van der Waals surface area contributed by atoms with Crippen LogP contribution in [0, 0.1) is 11.3 Å². The summed E-state index contributed by atoms with van der Waals surface area (Å²) in [6, 6.07) is 10.9. The maximum absolute atomic E-state index is 14.5. The van der Waals surface area contributed by atoms with Crippen molar-refractivity contribution in [3.05, 3.63) is 47.5 Å². The van der Waals surface area contributed by atoms with Gasteiger partial charge in [0.2, 0.25) is 7.14 Å². The standard InChI is InChI=1S/C28H43N4O5P/c1-19(15-28(2,3)4)18-38(33,26(29)31-16-20-22(34-5)11-9-12-23(20)35-6)27(30)32-17-21-24(36-7)13-10-14-25(21)37-8/h9-14,19H,15-18H2,1-8H3,(H2,29,31)(H2,30,32). The molecular weight excluding hydrogens is 503 g/mol. The molecule has 0 aliphatic heterocycles. The number of benzene rings is 2. The summed E-state index contributed by atoms with van der Waals surface area (Å²) in [5, 5.41) is 0. The molecule has 0 aromatic heterocycles. The molecule has 0 heterocycles. The average molecular weight is 547 g/mol. The van der Waals surface area contributed by atoms with E-state index < -0.39 is 7.14 Å². The van der Waals surface area contributed by atoms with Crippen LogP contribution in [0.4, 0.5) is 0 Å². The summed E-state index contributed by atoms with van der Waals surface area (Å²) < 4.78 is 36.4. The van der Waals surface area contributed by atoms with Gasteiger partial charge in [-0.15, -0.1) is 0 Å². The molecule has 0 saturated heterocycles. The first-order valence-corrected chi connectivity index (χ1v) is 14.4. The van der Waals surface area contributed by atoms with E-state index in [0.717, 1.165) is 6.42 Å². The molecule has 10 heteroatoms. The summed E-state index contributed by atoms with van der Waals surface area (Å²) in [6.45, 7) is 8.71. The smallest absolute Gasteiger partial charge is 0.209 e. The van der Waals surface area contributed by atoms with Gasteiger partial charge in [0.05, 0.1) is 52.7 Å². The van der Waals surface area contributed by atoms with Gasteiger partial charge in [-0.3, -0.25) is 9.98 Å². The summed E-state index contributed by atoms with van der Waals surface area (Å²) in [4.78, 5) is 9.08. The molecule has 0 bridgehead atoms. The van der Waals surface area contributed by atoms with Crippen molar-refractivity contribution < 1.29 is 23.5 Å². The molecule has 0 radical (unpaired) electrons. The fourth-order valence-corrected chi connectivity index (χ4v) is 6.78. The monoisotopic (exact) mass is 546 g/mol. The van der Waals surface area contributed by atoms with Gasteiger partial charge in [-0.05, 0) is 42.0 Å². The van der Waals surface area contributed by atoms with Gasteiger partial charge in [-0.2, -0.15) is 0 Å². The minimum Gasteiger partial charge on any atom is -0.496 e. The van der Waals surface area contributed by atoms with Gasteiger partial charge in [-0.1, -0.05) is 39.8 Å². The summed E-state index contributed by atoms with van der Waals surface area (Å²) in [5.74, 6) is 2.46. The number of ether oxygens (including phenoxy) is 4. The fraction of sp³-hybridized carbons (Fsp3) is 0.500. The van der Waals surface area contributed by atoms with Crippen molar-refractivity contribution in [2.24, 2.45) is 32.8 Å². The van der Waals surface area contributed by atoms with E-state index in [1.165, 1.54) is 0 Å². The first-order chi connectivity index (χ1) is 17.9. The third kappa shape index (κ3) is 7.90. The second-order valence-electron chi connectivity index (χ2n) is 10.4. The molecule has 9 nitrogen and oxygen atoms in total. The van der Waals surface area contributed by atoms with Gasteiger partial charge < -0.3 is 35.0 Å². The van der Waals surface area contributed by atoms with Crippen molar-refractivity contribution >= 4 is 18.3 Å². The Balaban J connectivity index is 2.51. The van der Waals surface area contributed by atoms with E-state index in [-0.39, 0.29) is 41.7 Å². The van der Waals surface area contributed by atoms with Crippen molar-refractivity contribution in [3.63, 3.8) is 0 Å². The number of amidine groups is 2. The highest BCUT2D eigenvalue weighted by molar-refractivity contribution is 7.94. The summed E-state index contributed by atoms with van der Waals surface area (Å²) in [5.41, 5.74) is 14.3. The summed E-state index contributed by atoms with van der Waals surface area (Å²) >= 11 is 0. The van der Waals surface area contributed by atoms with E-state index in [1.807, 2.05) is 43.3 Å². The lowest BCUT2D eigenvalue weighted by Crippen LogP contribution is -2.28. The second-order valence-corrected chi connectivity index (χ2v) is 13.2. The Labute approximate surface area is 227 Å². The highest BCUT2D eigenvalue weighted by atomic mass is 31.2. The molecular formula is C28H43N4O5P. The SMILES string of the molecule is COc1cccc(OC)c1CN=C(N)P(=O)(CC(C)CC(C)(C)C)C(N)=NCc1c(OC)cccc1OC. The van der Waals surface area contributed by atoms with E-state index in [0.29, 0.717) is 34.1 Å². The molecule has 1 unspecified atom stereocenters. The molecule has 2 aromatic rings. The quantitative estimate of drug-likeness (QED) is 0.193. The molecule has 2 aromatic carbocycles. The molecule has 0 spiro atoms. The number of rotatable bonds is 13. The van der Waals surface area contributed by atoms with Crippen LogP contribution in [0.2, 0.25) is 0 Å².